The van der Waals surface area contributed by atoms with E-state index in [9.17, 15) is 0 Å². The molecule has 0 spiro atoms. The Hall–Kier alpha value is -1.35. The van der Waals surface area contributed by atoms with Crippen LogP contribution in [-0.4, -0.2) is 16.7 Å². The highest BCUT2D eigenvalue weighted by Gasteiger charge is 1.97. The normalized spacial score (nSPS) is 9.86. The molecule has 0 aliphatic rings. The summed E-state index contributed by atoms with van der Waals surface area (Å²) >= 11 is 0. The zero-order chi connectivity index (χ0) is 10.4. The van der Waals surface area contributed by atoms with Crippen molar-refractivity contribution in [2.75, 3.05) is 6.61 Å². The molecular formula is C11H15NO2. The van der Waals surface area contributed by atoms with E-state index in [1.54, 1.807) is 18.3 Å². The second kappa shape index (κ2) is 5.40. The van der Waals surface area contributed by atoms with Crippen LogP contribution in [0.15, 0.2) is 30.5 Å². The fourth-order valence-electron chi connectivity index (χ4n) is 0.958. The average molecular weight is 193 g/mol. The first-order valence-corrected chi connectivity index (χ1v) is 4.55. The van der Waals surface area contributed by atoms with Crippen molar-refractivity contribution in [2.24, 2.45) is 0 Å². The Morgan fingerprint density at radius 2 is 2.43 bits per heavy atom. The van der Waals surface area contributed by atoms with Crippen molar-refractivity contribution in [2.45, 2.75) is 20.0 Å². The molecule has 1 N–H and O–H groups in total. The number of nitrogens with zero attached hydrogens (tertiary/aromatic N) is 1. The van der Waals surface area contributed by atoms with Gasteiger partial charge in [-0.1, -0.05) is 5.57 Å². The van der Waals surface area contributed by atoms with Crippen LogP contribution in [0, 0.1) is 0 Å². The largest absolute Gasteiger partial charge is 0.477 e. The van der Waals surface area contributed by atoms with Gasteiger partial charge in [-0.05, 0) is 18.6 Å². The summed E-state index contributed by atoms with van der Waals surface area (Å²) < 4.78 is 5.38. The molecule has 76 valence electrons. The average Bonchev–Trinajstić information content (AvgIpc) is 2.18. The molecule has 0 fully saturated rings. The first-order chi connectivity index (χ1) is 6.72. The zero-order valence-electron chi connectivity index (χ0n) is 8.36. The van der Waals surface area contributed by atoms with Crippen molar-refractivity contribution in [1.29, 1.82) is 0 Å². The van der Waals surface area contributed by atoms with Gasteiger partial charge in [-0.15, -0.1) is 6.58 Å². The minimum absolute atomic E-state index is 0.0133. The predicted octanol–water partition coefficient (Wildman–Crippen LogP) is 1.92. The predicted molar refractivity (Wildman–Crippen MR) is 55.1 cm³/mol. The van der Waals surface area contributed by atoms with E-state index in [4.69, 9.17) is 9.84 Å². The van der Waals surface area contributed by atoms with Crippen molar-refractivity contribution in [3.05, 3.63) is 36.0 Å². The Bertz CT molecular complexity index is 310. The summed E-state index contributed by atoms with van der Waals surface area (Å²) in [6, 6.07) is 3.49. The summed E-state index contributed by atoms with van der Waals surface area (Å²) in [6.45, 7) is 6.33. The minimum Gasteiger partial charge on any atom is -0.477 e. The monoisotopic (exact) mass is 193 g/mol. The van der Waals surface area contributed by atoms with Crippen LogP contribution in [0.2, 0.25) is 0 Å². The van der Waals surface area contributed by atoms with Crippen molar-refractivity contribution < 1.29 is 9.84 Å². The molecule has 0 aliphatic heterocycles. The van der Waals surface area contributed by atoms with Gasteiger partial charge >= 0.3 is 0 Å². The summed E-state index contributed by atoms with van der Waals surface area (Å²) in [6.07, 6.45) is 2.45. The molecule has 14 heavy (non-hydrogen) atoms. The van der Waals surface area contributed by atoms with E-state index in [1.807, 2.05) is 6.92 Å². The van der Waals surface area contributed by atoms with Crippen LogP contribution < -0.4 is 4.74 Å². The highest BCUT2D eigenvalue weighted by molar-refractivity contribution is 5.19. The number of aromatic nitrogens is 1. The van der Waals surface area contributed by atoms with E-state index in [-0.39, 0.29) is 6.61 Å². The van der Waals surface area contributed by atoms with Crippen LogP contribution in [0.5, 0.6) is 5.88 Å². The number of rotatable bonds is 5. The van der Waals surface area contributed by atoms with Crippen LogP contribution in [0.1, 0.15) is 18.9 Å². The van der Waals surface area contributed by atoms with E-state index in [0.29, 0.717) is 12.5 Å². The maximum absolute atomic E-state index is 8.88. The van der Waals surface area contributed by atoms with Gasteiger partial charge in [0.2, 0.25) is 5.88 Å². The lowest BCUT2D eigenvalue weighted by Crippen LogP contribution is -1.99. The molecule has 1 aromatic heterocycles. The number of aliphatic hydroxyl groups is 1. The Kier molecular flexibility index (Phi) is 4.13. The van der Waals surface area contributed by atoms with Gasteiger partial charge in [-0.3, -0.25) is 0 Å². The van der Waals surface area contributed by atoms with Crippen molar-refractivity contribution in [1.82, 2.24) is 4.98 Å². The van der Waals surface area contributed by atoms with E-state index in [2.05, 4.69) is 11.6 Å². The van der Waals surface area contributed by atoms with Crippen LogP contribution >= 0.6 is 0 Å². The SMILES string of the molecule is C=C(C)CCOc1cc(CO)ccn1. The molecule has 0 aromatic carbocycles. The molecule has 0 bridgehead atoms. The highest BCUT2D eigenvalue weighted by atomic mass is 16.5. The van der Waals surface area contributed by atoms with Gasteiger partial charge in [0.05, 0.1) is 13.2 Å². The fraction of sp³-hybridized carbons (Fsp3) is 0.364. The Labute approximate surface area is 84.1 Å². The van der Waals surface area contributed by atoms with Gasteiger partial charge in [0.1, 0.15) is 0 Å². The van der Waals surface area contributed by atoms with Gasteiger partial charge in [0.15, 0.2) is 0 Å². The molecule has 0 amide bonds. The topological polar surface area (TPSA) is 42.4 Å². The van der Waals surface area contributed by atoms with E-state index in [0.717, 1.165) is 17.6 Å². The van der Waals surface area contributed by atoms with Crippen LogP contribution in [0.4, 0.5) is 0 Å². The lowest BCUT2D eigenvalue weighted by molar-refractivity contribution is 0.277. The second-order valence-corrected chi connectivity index (χ2v) is 3.22. The van der Waals surface area contributed by atoms with Crippen LogP contribution in [-0.2, 0) is 6.61 Å². The van der Waals surface area contributed by atoms with E-state index >= 15 is 0 Å². The Morgan fingerprint density at radius 3 is 3.07 bits per heavy atom. The fourth-order valence-corrected chi connectivity index (χ4v) is 0.958. The molecule has 0 unspecified atom stereocenters. The molecule has 0 atom stereocenters. The summed E-state index contributed by atoms with van der Waals surface area (Å²) in [5, 5.41) is 8.88. The zero-order valence-corrected chi connectivity index (χ0v) is 8.36. The molecule has 3 heteroatoms. The number of pyridine rings is 1. The molecule has 1 heterocycles. The van der Waals surface area contributed by atoms with Crippen molar-refractivity contribution in [3.63, 3.8) is 0 Å². The molecule has 0 radical (unpaired) electrons. The van der Waals surface area contributed by atoms with E-state index < -0.39 is 0 Å². The smallest absolute Gasteiger partial charge is 0.213 e. The third kappa shape index (κ3) is 3.58. The lowest BCUT2D eigenvalue weighted by atomic mass is 10.2. The van der Waals surface area contributed by atoms with Gasteiger partial charge < -0.3 is 9.84 Å². The molecule has 0 saturated carbocycles. The third-order valence-corrected chi connectivity index (χ3v) is 1.76. The summed E-state index contributed by atoms with van der Waals surface area (Å²) in [5.41, 5.74) is 1.90. The van der Waals surface area contributed by atoms with Gasteiger partial charge in [-0.25, -0.2) is 4.98 Å². The summed E-state index contributed by atoms with van der Waals surface area (Å²) in [7, 11) is 0. The quantitative estimate of drug-likeness (QED) is 0.726. The van der Waals surface area contributed by atoms with Crippen molar-refractivity contribution in [3.8, 4) is 5.88 Å². The van der Waals surface area contributed by atoms with Crippen molar-refractivity contribution >= 4 is 0 Å². The maximum atomic E-state index is 8.88. The Morgan fingerprint density at radius 1 is 1.64 bits per heavy atom. The molecule has 0 saturated heterocycles. The highest BCUT2D eigenvalue weighted by Crippen LogP contribution is 2.10. The van der Waals surface area contributed by atoms with Gasteiger partial charge in [-0.2, -0.15) is 0 Å². The minimum atomic E-state index is 0.0133. The number of hydrogen-bond acceptors (Lipinski definition) is 3. The van der Waals surface area contributed by atoms with Crippen LogP contribution in [0.25, 0.3) is 0 Å². The maximum Gasteiger partial charge on any atom is 0.213 e. The number of aliphatic hydroxyl groups excluding tert-OH is 1. The van der Waals surface area contributed by atoms with Crippen LogP contribution in [0.3, 0.4) is 0 Å². The summed E-state index contributed by atoms with van der Waals surface area (Å²) in [4.78, 5) is 4.02. The molecule has 3 nitrogen and oxygen atoms in total. The first-order valence-electron chi connectivity index (χ1n) is 4.55. The second-order valence-electron chi connectivity index (χ2n) is 3.22. The lowest BCUT2D eigenvalue weighted by Gasteiger charge is -2.05. The van der Waals surface area contributed by atoms with Gasteiger partial charge in [0.25, 0.3) is 0 Å². The summed E-state index contributed by atoms with van der Waals surface area (Å²) in [5.74, 6) is 0.554. The molecular weight excluding hydrogens is 178 g/mol. The standard InChI is InChI=1S/C11H15NO2/c1-9(2)4-6-14-11-7-10(8-13)3-5-12-11/h3,5,7,13H,1,4,6,8H2,2H3. The molecule has 0 aliphatic carbocycles. The first kappa shape index (κ1) is 10.7. The number of ether oxygens (including phenoxy) is 1. The third-order valence-electron chi connectivity index (χ3n) is 1.76. The molecule has 1 aromatic rings. The number of hydrogen-bond donors (Lipinski definition) is 1. The molecule has 1 rings (SSSR count). The van der Waals surface area contributed by atoms with Gasteiger partial charge in [0, 0.05) is 18.7 Å². The Balaban J connectivity index is 2.46. The van der Waals surface area contributed by atoms with E-state index in [1.165, 1.54) is 0 Å².